The van der Waals surface area contributed by atoms with Crippen molar-refractivity contribution in [3.05, 3.63) is 0 Å². The van der Waals surface area contributed by atoms with E-state index in [2.05, 4.69) is 43.3 Å². The number of nitrogens with zero attached hydrogens (tertiary/aromatic N) is 2. The van der Waals surface area contributed by atoms with Gasteiger partial charge in [-0.3, -0.25) is 0 Å². The van der Waals surface area contributed by atoms with Gasteiger partial charge in [0.1, 0.15) is 0 Å². The first kappa shape index (κ1) is 18.4. The summed E-state index contributed by atoms with van der Waals surface area (Å²) in [5.41, 5.74) is 0. The van der Waals surface area contributed by atoms with Crippen LogP contribution in [-0.4, -0.2) is 68.3 Å². The second-order valence-electron chi connectivity index (χ2n) is 6.30. The van der Waals surface area contributed by atoms with Crippen LogP contribution in [0.3, 0.4) is 0 Å². The van der Waals surface area contributed by atoms with Crippen molar-refractivity contribution in [2.45, 2.75) is 37.2 Å². The number of hydrogen-bond donors (Lipinski definition) is 2. The van der Waals surface area contributed by atoms with E-state index in [1.54, 1.807) is 13.8 Å². The lowest BCUT2D eigenvalue weighted by molar-refractivity contribution is 0.235. The Hall–Kier alpha value is 0.380. The van der Waals surface area contributed by atoms with Crippen LogP contribution >= 0.6 is 12.6 Å². The van der Waals surface area contributed by atoms with E-state index in [0.717, 1.165) is 19.6 Å². The molecule has 110 valence electrons. The maximum atomic E-state index is 11.1. The van der Waals surface area contributed by atoms with Crippen LogP contribution in [0.5, 0.6) is 0 Å². The molecule has 1 N–H and O–H groups in total. The molecule has 0 fully saturated rings. The van der Waals surface area contributed by atoms with Crippen molar-refractivity contribution in [3.8, 4) is 0 Å². The molecule has 0 spiro atoms. The van der Waals surface area contributed by atoms with E-state index in [0.29, 0.717) is 6.54 Å². The molecule has 0 saturated carbocycles. The van der Waals surface area contributed by atoms with Crippen molar-refractivity contribution < 1.29 is 8.76 Å². The third-order valence-electron chi connectivity index (χ3n) is 2.64. The van der Waals surface area contributed by atoms with Crippen molar-refractivity contribution in [3.63, 3.8) is 0 Å². The lowest BCUT2D eigenvalue weighted by atomic mass is 10.2. The lowest BCUT2D eigenvalue weighted by Gasteiger charge is -2.30. The third kappa shape index (κ3) is 8.48. The topological polar surface area (TPSA) is 43.8 Å². The maximum Gasteiger partial charge on any atom is 0.159 e. The SMILES string of the molecule is CN(CCN(C)CC(C)(C)S(=O)O)CC(C)(C)S. The molecule has 0 rings (SSSR count). The van der Waals surface area contributed by atoms with Crippen LogP contribution in [0, 0.1) is 0 Å². The molecule has 0 aliphatic heterocycles. The van der Waals surface area contributed by atoms with Gasteiger partial charge in [0.25, 0.3) is 0 Å². The first-order valence-corrected chi connectivity index (χ1v) is 7.70. The molecule has 6 heteroatoms. The van der Waals surface area contributed by atoms with Crippen LogP contribution in [0.2, 0.25) is 0 Å². The summed E-state index contributed by atoms with van der Waals surface area (Å²) in [7, 11) is 4.05. The molecular formula is C12H28N2O2S2. The molecule has 0 aliphatic rings. The quantitative estimate of drug-likeness (QED) is 0.527. The van der Waals surface area contributed by atoms with Gasteiger partial charge in [-0.05, 0) is 41.8 Å². The van der Waals surface area contributed by atoms with Crippen molar-refractivity contribution in [2.24, 2.45) is 0 Å². The fourth-order valence-electron chi connectivity index (χ4n) is 1.87. The van der Waals surface area contributed by atoms with Gasteiger partial charge in [0, 0.05) is 30.9 Å². The summed E-state index contributed by atoms with van der Waals surface area (Å²) in [5.74, 6) is 0. The Morgan fingerprint density at radius 1 is 1.06 bits per heavy atom. The summed E-state index contributed by atoms with van der Waals surface area (Å²) in [4.78, 5) is 4.32. The van der Waals surface area contributed by atoms with Gasteiger partial charge in [0.2, 0.25) is 0 Å². The van der Waals surface area contributed by atoms with Crippen molar-refractivity contribution in [1.82, 2.24) is 9.80 Å². The summed E-state index contributed by atoms with van der Waals surface area (Å²) < 4.78 is 19.7. The summed E-state index contributed by atoms with van der Waals surface area (Å²) in [6.07, 6.45) is 0. The molecule has 0 bridgehead atoms. The van der Waals surface area contributed by atoms with Gasteiger partial charge >= 0.3 is 0 Å². The van der Waals surface area contributed by atoms with Crippen LogP contribution in [0.4, 0.5) is 0 Å². The van der Waals surface area contributed by atoms with Crippen LogP contribution in [0.15, 0.2) is 0 Å². The van der Waals surface area contributed by atoms with Crippen LogP contribution in [-0.2, 0) is 11.1 Å². The molecule has 1 unspecified atom stereocenters. The highest BCUT2D eigenvalue weighted by atomic mass is 32.2. The predicted molar refractivity (Wildman–Crippen MR) is 82.9 cm³/mol. The Balaban J connectivity index is 4.04. The minimum absolute atomic E-state index is 0.000806. The van der Waals surface area contributed by atoms with Gasteiger partial charge in [0.15, 0.2) is 11.1 Å². The number of hydrogen-bond acceptors (Lipinski definition) is 4. The summed E-state index contributed by atoms with van der Waals surface area (Å²) in [5, 5.41) is 0. The smallest absolute Gasteiger partial charge is 0.159 e. The normalized spacial score (nSPS) is 15.4. The second-order valence-corrected chi connectivity index (χ2v) is 9.11. The molecule has 0 aliphatic carbocycles. The highest BCUT2D eigenvalue weighted by Crippen LogP contribution is 2.14. The zero-order valence-corrected chi connectivity index (χ0v) is 14.1. The van der Waals surface area contributed by atoms with Gasteiger partial charge in [-0.2, -0.15) is 12.6 Å². The van der Waals surface area contributed by atoms with Crippen molar-refractivity contribution >= 4 is 23.7 Å². The molecule has 0 aromatic carbocycles. The number of rotatable bonds is 8. The zero-order valence-electron chi connectivity index (χ0n) is 12.4. The Labute approximate surface area is 120 Å². The summed E-state index contributed by atoms with van der Waals surface area (Å²) in [6.45, 7) is 11.1. The minimum Gasteiger partial charge on any atom is -0.306 e. The summed E-state index contributed by atoms with van der Waals surface area (Å²) in [6, 6.07) is 0. The van der Waals surface area contributed by atoms with Gasteiger partial charge < -0.3 is 14.4 Å². The Kier molecular flexibility index (Phi) is 7.39. The standard InChI is InChI=1S/C12H28N2O2S2/c1-11(2,17)9-13(5)7-8-14(6)10-12(3,4)18(15)16/h17H,7-10H2,1-6H3,(H,15,16). The Morgan fingerprint density at radius 3 is 1.78 bits per heavy atom. The van der Waals surface area contributed by atoms with Crippen molar-refractivity contribution in [2.75, 3.05) is 40.3 Å². The molecule has 0 aromatic rings. The predicted octanol–water partition coefficient (Wildman–Crippen LogP) is 1.56. The molecule has 0 aromatic heterocycles. The van der Waals surface area contributed by atoms with Crippen LogP contribution in [0.25, 0.3) is 0 Å². The first-order valence-electron chi connectivity index (χ1n) is 6.14. The molecule has 0 amide bonds. The fourth-order valence-corrected chi connectivity index (χ4v) is 2.44. The van der Waals surface area contributed by atoms with E-state index < -0.39 is 15.8 Å². The van der Waals surface area contributed by atoms with E-state index in [1.165, 1.54) is 0 Å². The average molecular weight is 297 g/mol. The number of thiol groups is 1. The molecule has 1 atom stereocenters. The van der Waals surface area contributed by atoms with Gasteiger partial charge in [-0.25, -0.2) is 4.21 Å². The van der Waals surface area contributed by atoms with Crippen LogP contribution in [0.1, 0.15) is 27.7 Å². The highest BCUT2D eigenvalue weighted by molar-refractivity contribution is 7.81. The van der Waals surface area contributed by atoms with E-state index in [1.807, 2.05) is 7.05 Å². The van der Waals surface area contributed by atoms with Gasteiger partial charge in [-0.1, -0.05) is 0 Å². The maximum absolute atomic E-state index is 11.1. The Bertz CT molecular complexity index is 278. The molecule has 18 heavy (non-hydrogen) atoms. The second kappa shape index (κ2) is 7.24. The van der Waals surface area contributed by atoms with E-state index in [9.17, 15) is 8.76 Å². The highest BCUT2D eigenvalue weighted by Gasteiger charge is 2.26. The molecule has 0 heterocycles. The first-order chi connectivity index (χ1) is 7.94. The van der Waals surface area contributed by atoms with Gasteiger partial charge in [-0.15, -0.1) is 0 Å². The van der Waals surface area contributed by atoms with Crippen molar-refractivity contribution in [1.29, 1.82) is 0 Å². The monoisotopic (exact) mass is 296 g/mol. The number of likely N-dealkylation sites (N-methyl/N-ethyl adjacent to an activating group) is 2. The molecule has 4 nitrogen and oxygen atoms in total. The molecular weight excluding hydrogens is 268 g/mol. The summed E-state index contributed by atoms with van der Waals surface area (Å²) >= 11 is 2.71. The molecule has 0 saturated heterocycles. The zero-order chi connectivity index (χ0) is 14.6. The minimum atomic E-state index is -1.79. The van der Waals surface area contributed by atoms with Crippen LogP contribution < -0.4 is 0 Å². The van der Waals surface area contributed by atoms with E-state index in [4.69, 9.17) is 0 Å². The molecule has 0 radical (unpaired) electrons. The fraction of sp³-hybridized carbons (Fsp3) is 1.00. The average Bonchev–Trinajstić information content (AvgIpc) is 2.11. The Morgan fingerprint density at radius 2 is 1.44 bits per heavy atom. The third-order valence-corrected chi connectivity index (χ3v) is 3.86. The largest absolute Gasteiger partial charge is 0.306 e. The lowest BCUT2D eigenvalue weighted by Crippen LogP contribution is -2.43. The van der Waals surface area contributed by atoms with E-state index in [-0.39, 0.29) is 4.75 Å². The van der Waals surface area contributed by atoms with E-state index >= 15 is 0 Å². The van der Waals surface area contributed by atoms with Gasteiger partial charge in [0.05, 0.1) is 4.75 Å².